The number of hydrogen-bond donors (Lipinski definition) is 1. The topological polar surface area (TPSA) is 84.9 Å². The largest absolute Gasteiger partial charge is 0.452 e. The summed E-state index contributed by atoms with van der Waals surface area (Å²) in [6, 6.07) is 7.26. The molecule has 1 aliphatic heterocycles. The smallest absolute Gasteiger partial charge is 0.312 e. The molecule has 7 nitrogen and oxygen atoms in total. The molecule has 2 atom stereocenters. The lowest BCUT2D eigenvalue weighted by molar-refractivity contribution is -0.158. The second-order valence-electron chi connectivity index (χ2n) is 6.13. The number of nitrogens with one attached hydrogen (secondary N) is 1. The maximum Gasteiger partial charge on any atom is 0.312 e. The molecule has 2 rings (SSSR count). The molecule has 1 fully saturated rings. The Morgan fingerprint density at radius 3 is 2.81 bits per heavy atom. The van der Waals surface area contributed by atoms with Crippen molar-refractivity contribution < 1.29 is 23.9 Å². The van der Waals surface area contributed by atoms with Gasteiger partial charge in [0.2, 0.25) is 5.91 Å². The van der Waals surface area contributed by atoms with Crippen molar-refractivity contribution >= 4 is 29.4 Å². The van der Waals surface area contributed by atoms with Crippen LogP contribution in [0.1, 0.15) is 18.9 Å². The Bertz CT molecular complexity index is 667. The molecule has 0 saturated carbocycles. The van der Waals surface area contributed by atoms with Crippen molar-refractivity contribution in [3.63, 3.8) is 0 Å². The van der Waals surface area contributed by atoms with Crippen LogP contribution in [0.25, 0.3) is 0 Å². The quantitative estimate of drug-likeness (QED) is 0.542. The van der Waals surface area contributed by atoms with Crippen LogP contribution in [0.4, 0.5) is 0 Å². The average Bonchev–Trinajstić information content (AvgIpc) is 2.98. The summed E-state index contributed by atoms with van der Waals surface area (Å²) in [5.41, 5.74) is 0.822. The normalized spacial score (nSPS) is 17.9. The van der Waals surface area contributed by atoms with Crippen LogP contribution in [0.2, 0.25) is 5.02 Å². The molecule has 0 aliphatic carbocycles. The van der Waals surface area contributed by atoms with Gasteiger partial charge >= 0.3 is 5.97 Å². The predicted octanol–water partition coefficient (Wildman–Crippen LogP) is 1.38. The van der Waals surface area contributed by atoms with Crippen molar-refractivity contribution in [1.29, 1.82) is 0 Å². The summed E-state index contributed by atoms with van der Waals surface area (Å²) in [5.74, 6) is -1.66. The number of rotatable bonds is 8. The molecule has 1 aliphatic rings. The van der Waals surface area contributed by atoms with Crippen LogP contribution in [0.15, 0.2) is 24.3 Å². The summed E-state index contributed by atoms with van der Waals surface area (Å²) in [5, 5.41) is 3.18. The fourth-order valence-electron chi connectivity index (χ4n) is 2.66. The SMILES string of the molecule is COCCNC(=O)[C@H](C)OC(=O)[C@@H]1CC(=O)N(Cc2ccccc2Cl)C1. The predicted molar refractivity (Wildman–Crippen MR) is 95.4 cm³/mol. The third-order valence-electron chi connectivity index (χ3n) is 4.13. The second kappa shape index (κ2) is 9.54. The van der Waals surface area contributed by atoms with Crippen LogP contribution >= 0.6 is 11.6 Å². The van der Waals surface area contributed by atoms with Gasteiger partial charge in [-0.05, 0) is 18.6 Å². The van der Waals surface area contributed by atoms with E-state index >= 15 is 0 Å². The zero-order valence-corrected chi connectivity index (χ0v) is 15.6. The van der Waals surface area contributed by atoms with Crippen LogP contribution in [-0.4, -0.2) is 55.6 Å². The molecular weight excluding hydrogens is 360 g/mol. The molecule has 8 heteroatoms. The van der Waals surface area contributed by atoms with E-state index in [0.717, 1.165) is 5.56 Å². The molecule has 1 saturated heterocycles. The summed E-state index contributed by atoms with van der Waals surface area (Å²) in [7, 11) is 1.53. The van der Waals surface area contributed by atoms with Crippen molar-refractivity contribution in [3.8, 4) is 0 Å². The molecule has 1 heterocycles. The highest BCUT2D eigenvalue weighted by molar-refractivity contribution is 6.31. The zero-order valence-electron chi connectivity index (χ0n) is 14.9. The molecule has 2 amide bonds. The highest BCUT2D eigenvalue weighted by Gasteiger charge is 2.36. The zero-order chi connectivity index (χ0) is 19.1. The highest BCUT2D eigenvalue weighted by Crippen LogP contribution is 2.24. The van der Waals surface area contributed by atoms with Gasteiger partial charge in [-0.1, -0.05) is 29.8 Å². The first-order chi connectivity index (χ1) is 12.4. The van der Waals surface area contributed by atoms with Gasteiger partial charge in [-0.2, -0.15) is 0 Å². The average molecular weight is 383 g/mol. The molecule has 1 N–H and O–H groups in total. The van der Waals surface area contributed by atoms with Crippen LogP contribution in [0.3, 0.4) is 0 Å². The molecule has 1 aromatic carbocycles. The Kier molecular flexibility index (Phi) is 7.41. The molecule has 0 bridgehead atoms. The van der Waals surface area contributed by atoms with Gasteiger partial charge < -0.3 is 19.7 Å². The molecule has 0 radical (unpaired) electrons. The molecule has 26 heavy (non-hydrogen) atoms. The third kappa shape index (κ3) is 5.44. The van der Waals surface area contributed by atoms with Crippen molar-refractivity contribution in [1.82, 2.24) is 10.2 Å². The van der Waals surface area contributed by atoms with Gasteiger partial charge in [0.15, 0.2) is 6.10 Å². The van der Waals surface area contributed by atoms with Gasteiger partial charge in [-0.3, -0.25) is 14.4 Å². The maximum atomic E-state index is 12.3. The summed E-state index contributed by atoms with van der Waals surface area (Å²) >= 11 is 6.12. The Morgan fingerprint density at radius 2 is 2.12 bits per heavy atom. The molecule has 142 valence electrons. The number of nitrogens with zero attached hydrogens (tertiary/aromatic N) is 1. The first-order valence-electron chi connectivity index (χ1n) is 8.40. The minimum atomic E-state index is -0.924. The van der Waals surface area contributed by atoms with Crippen molar-refractivity contribution in [2.45, 2.75) is 26.0 Å². The van der Waals surface area contributed by atoms with Crippen LogP contribution in [0.5, 0.6) is 0 Å². The van der Waals surface area contributed by atoms with E-state index in [4.69, 9.17) is 21.1 Å². The molecule has 1 aromatic rings. The number of halogens is 1. The summed E-state index contributed by atoms with van der Waals surface area (Å²) in [6.45, 7) is 2.81. The van der Waals surface area contributed by atoms with E-state index in [1.54, 1.807) is 11.0 Å². The lowest BCUT2D eigenvalue weighted by atomic mass is 10.1. The van der Waals surface area contributed by atoms with Gasteiger partial charge in [0.25, 0.3) is 5.91 Å². The minimum absolute atomic E-state index is 0.0707. The Morgan fingerprint density at radius 1 is 1.38 bits per heavy atom. The van der Waals surface area contributed by atoms with E-state index in [-0.39, 0.29) is 18.9 Å². The maximum absolute atomic E-state index is 12.3. The Balaban J connectivity index is 1.86. The van der Waals surface area contributed by atoms with Crippen LogP contribution in [0, 0.1) is 5.92 Å². The number of carbonyl (C=O) groups is 3. The lowest BCUT2D eigenvalue weighted by Crippen LogP contribution is -2.38. The minimum Gasteiger partial charge on any atom is -0.452 e. The molecule has 0 unspecified atom stereocenters. The van der Waals surface area contributed by atoms with Crippen LogP contribution < -0.4 is 5.32 Å². The van der Waals surface area contributed by atoms with Crippen LogP contribution in [-0.2, 0) is 30.4 Å². The number of amides is 2. The highest BCUT2D eigenvalue weighted by atomic mass is 35.5. The fourth-order valence-corrected chi connectivity index (χ4v) is 2.85. The van der Waals surface area contributed by atoms with Crippen molar-refractivity contribution in [3.05, 3.63) is 34.9 Å². The first kappa shape index (κ1) is 20.2. The fraction of sp³-hybridized carbons (Fsp3) is 0.500. The van der Waals surface area contributed by atoms with Gasteiger partial charge in [0.05, 0.1) is 12.5 Å². The van der Waals surface area contributed by atoms with E-state index in [0.29, 0.717) is 24.7 Å². The first-order valence-corrected chi connectivity index (χ1v) is 8.78. The second-order valence-corrected chi connectivity index (χ2v) is 6.54. The number of esters is 1. The molecular formula is C18H23ClN2O5. The number of benzene rings is 1. The van der Waals surface area contributed by atoms with E-state index in [2.05, 4.69) is 5.32 Å². The lowest BCUT2D eigenvalue weighted by Gasteiger charge is -2.18. The van der Waals surface area contributed by atoms with Crippen molar-refractivity contribution in [2.75, 3.05) is 26.8 Å². The number of carbonyl (C=O) groups excluding carboxylic acids is 3. The number of hydrogen-bond acceptors (Lipinski definition) is 5. The summed E-state index contributed by atoms with van der Waals surface area (Å²) in [6.07, 6.45) is -0.853. The summed E-state index contributed by atoms with van der Waals surface area (Å²) in [4.78, 5) is 37.9. The standard InChI is InChI=1S/C18H23ClN2O5/c1-12(17(23)20-7-8-25-2)26-18(24)14-9-16(22)21(11-14)10-13-5-3-4-6-15(13)19/h3-6,12,14H,7-11H2,1-2H3,(H,20,23)/t12-,14+/m0/s1. The van der Waals surface area contributed by atoms with E-state index in [1.807, 2.05) is 18.2 Å². The van der Waals surface area contributed by atoms with Gasteiger partial charge in [-0.15, -0.1) is 0 Å². The molecule has 0 aromatic heterocycles. The van der Waals surface area contributed by atoms with E-state index < -0.39 is 23.9 Å². The van der Waals surface area contributed by atoms with Gasteiger partial charge in [-0.25, -0.2) is 0 Å². The Hall–Kier alpha value is -2.12. The summed E-state index contributed by atoms with van der Waals surface area (Å²) < 4.78 is 10.0. The van der Waals surface area contributed by atoms with E-state index in [1.165, 1.54) is 14.0 Å². The van der Waals surface area contributed by atoms with E-state index in [9.17, 15) is 14.4 Å². The molecule has 0 spiro atoms. The third-order valence-corrected chi connectivity index (χ3v) is 4.50. The number of methoxy groups -OCH3 is 1. The van der Waals surface area contributed by atoms with Crippen molar-refractivity contribution in [2.24, 2.45) is 5.92 Å². The van der Waals surface area contributed by atoms with Gasteiger partial charge in [0, 0.05) is 38.2 Å². The number of ether oxygens (including phenoxy) is 2. The van der Waals surface area contributed by atoms with Gasteiger partial charge in [0.1, 0.15) is 0 Å². The number of likely N-dealkylation sites (tertiary alicyclic amines) is 1. The monoisotopic (exact) mass is 382 g/mol. The Labute approximate surface area is 157 Å².